The van der Waals surface area contributed by atoms with E-state index in [1.54, 1.807) is 97.1 Å². The Hall–Kier alpha value is -7.05. The number of carbonyl (C=O) groups is 2. The van der Waals surface area contributed by atoms with Crippen LogP contribution in [0.4, 0.5) is 11.4 Å². The van der Waals surface area contributed by atoms with E-state index in [1.807, 2.05) is 59.0 Å². The molecule has 6 aromatic carbocycles. The molecule has 0 fully saturated rings. The number of nitriles is 1. The number of hydrogen-bond acceptors (Lipinski definition) is 13. The Morgan fingerprint density at radius 3 is 1.59 bits per heavy atom. The molecule has 2 unspecified atom stereocenters. The van der Waals surface area contributed by atoms with Gasteiger partial charge in [-0.25, -0.2) is 14.0 Å². The molecule has 0 radical (unpaired) electrons. The summed E-state index contributed by atoms with van der Waals surface area (Å²) in [5, 5.41) is 25.6. The van der Waals surface area contributed by atoms with E-state index in [-0.39, 0.29) is 41.7 Å². The van der Waals surface area contributed by atoms with Gasteiger partial charge in [-0.1, -0.05) is 109 Å². The number of nitrogens with zero attached hydrogens (tertiary/aromatic N) is 3. The van der Waals surface area contributed by atoms with Crippen molar-refractivity contribution in [3.63, 3.8) is 0 Å². The lowest BCUT2D eigenvalue weighted by atomic mass is 10.2. The number of benzene rings is 6. The molecule has 0 aliphatic carbocycles. The van der Waals surface area contributed by atoms with Gasteiger partial charge >= 0.3 is 33.1 Å². The molecule has 4 atom stereocenters. The van der Waals surface area contributed by atoms with Gasteiger partial charge in [0.05, 0.1) is 23.1 Å². The second kappa shape index (κ2) is 24.3. The summed E-state index contributed by atoms with van der Waals surface area (Å²) in [5.41, 5.74) is 1.19. The normalized spacial score (nSPS) is 13.2. The summed E-state index contributed by atoms with van der Waals surface area (Å²) in [6.07, 6.45) is 0. The van der Waals surface area contributed by atoms with Crippen LogP contribution < -0.4 is 28.3 Å². The Morgan fingerprint density at radius 1 is 0.697 bits per heavy atom. The molecule has 0 saturated heterocycles. The summed E-state index contributed by atoms with van der Waals surface area (Å²) in [4.78, 5) is 39.1. The molecule has 2 N–H and O–H groups in total. The van der Waals surface area contributed by atoms with Gasteiger partial charge in [0.15, 0.2) is 5.75 Å². The first-order valence-electron chi connectivity index (χ1n) is 19.6. The predicted octanol–water partition coefficient (Wildman–Crippen LogP) is 10.9. The van der Waals surface area contributed by atoms with E-state index in [9.17, 15) is 28.8 Å². The maximum atomic E-state index is 13.7. The number of rotatable bonds is 19. The summed E-state index contributed by atoms with van der Waals surface area (Å²) in [6, 6.07) is 42.6. The number of esters is 2. The lowest BCUT2D eigenvalue weighted by Crippen LogP contribution is -2.35. The highest BCUT2D eigenvalue weighted by atomic mass is 127. The van der Waals surface area contributed by atoms with Crippen LogP contribution in [-0.4, -0.2) is 28.9 Å². The molecule has 6 rings (SSSR count). The second-order valence-electron chi connectivity index (χ2n) is 13.6. The average molecular weight is 1040 g/mol. The molecular weight excluding hydrogens is 1000 g/mol. The van der Waals surface area contributed by atoms with Crippen molar-refractivity contribution in [2.75, 3.05) is 0 Å². The topological polar surface area (TPSA) is 219 Å². The zero-order valence-electron chi connectivity index (χ0n) is 35.1. The summed E-state index contributed by atoms with van der Waals surface area (Å²) in [6.45, 7) is 10.3. The zero-order valence-corrected chi connectivity index (χ0v) is 39.0. The largest absolute Gasteiger partial charge is 0.513 e. The number of ether oxygens (including phenoxy) is 2. The van der Waals surface area contributed by atoms with Gasteiger partial charge in [0.1, 0.15) is 36.8 Å². The molecule has 0 spiro atoms. The van der Waals surface area contributed by atoms with Crippen molar-refractivity contribution in [3.8, 4) is 29.1 Å². The van der Waals surface area contributed by atoms with E-state index in [0.29, 0.717) is 3.57 Å². The molecule has 338 valence electrons. The molecule has 17 nitrogen and oxygen atoms in total. The highest BCUT2D eigenvalue weighted by molar-refractivity contribution is 14.1. The molecule has 0 heterocycles. The van der Waals surface area contributed by atoms with Gasteiger partial charge in [0.2, 0.25) is 11.4 Å². The van der Waals surface area contributed by atoms with Crippen LogP contribution in [0, 0.1) is 31.6 Å². The molecule has 6 aromatic rings. The summed E-state index contributed by atoms with van der Waals surface area (Å²) < 4.78 is 60.8. The van der Waals surface area contributed by atoms with Crippen molar-refractivity contribution in [3.05, 3.63) is 200 Å². The van der Waals surface area contributed by atoms with E-state index >= 15 is 0 Å². The van der Waals surface area contributed by atoms with Crippen molar-refractivity contribution in [2.45, 2.75) is 39.1 Å². The zero-order chi connectivity index (χ0) is 47.5. The minimum absolute atomic E-state index is 0.00249. The van der Waals surface area contributed by atoms with Crippen LogP contribution in [0.5, 0.6) is 23.0 Å². The third-order valence-electron chi connectivity index (χ3n) is 8.58. The Balaban J connectivity index is 0.000000248. The number of carbonyl (C=O) groups excluding carboxylic acids is 2. The van der Waals surface area contributed by atoms with Gasteiger partial charge in [-0.2, -0.15) is 15.4 Å². The molecule has 0 aliphatic heterocycles. The number of para-hydroxylation sites is 3. The summed E-state index contributed by atoms with van der Waals surface area (Å²) in [7, 11) is -8.53. The SMILES string of the molecule is C[C@H](NP(=O)(Oc1ccccc1)Oc1ccc(C#N)cc1[N+](=O)[O-])C(=O)OCc1ccccc1.[C-]#[N+]c1cccc(I)c1OP(=O)(N[C@@H](C)C(=O)OCc1ccccc1)Oc1ccccc1. The van der Waals surface area contributed by atoms with Crippen molar-refractivity contribution in [2.24, 2.45) is 0 Å². The van der Waals surface area contributed by atoms with Crippen LogP contribution in [0.2, 0.25) is 0 Å². The molecule has 20 heteroatoms. The van der Waals surface area contributed by atoms with Crippen molar-refractivity contribution < 1.29 is 51.2 Å². The van der Waals surface area contributed by atoms with Crippen molar-refractivity contribution >= 4 is 61.4 Å². The molecule has 0 aliphatic rings. The third-order valence-corrected chi connectivity index (χ3v) is 12.6. The number of nitro groups is 1. The predicted molar refractivity (Wildman–Crippen MR) is 252 cm³/mol. The van der Waals surface area contributed by atoms with E-state index in [4.69, 9.17) is 39.4 Å². The van der Waals surface area contributed by atoms with Crippen LogP contribution in [0.3, 0.4) is 0 Å². The third kappa shape index (κ3) is 15.3. The number of hydrogen-bond donors (Lipinski definition) is 2. The lowest BCUT2D eigenvalue weighted by molar-refractivity contribution is -0.385. The van der Waals surface area contributed by atoms with Gasteiger partial charge in [-0.15, -0.1) is 0 Å². The van der Waals surface area contributed by atoms with Crippen LogP contribution >= 0.6 is 38.1 Å². The fourth-order valence-corrected chi connectivity index (χ4v) is 9.26. The Bertz CT molecular complexity index is 2780. The molecular formula is C46H40IN5O12P2. The first-order chi connectivity index (χ1) is 31.7. The van der Waals surface area contributed by atoms with Crippen molar-refractivity contribution in [1.29, 1.82) is 5.26 Å². The summed E-state index contributed by atoms with van der Waals surface area (Å²) >= 11 is 1.98. The smallest absolute Gasteiger partial charge is 0.460 e. The fourth-order valence-electron chi connectivity index (χ4n) is 5.40. The molecule has 66 heavy (non-hydrogen) atoms. The van der Waals surface area contributed by atoms with Gasteiger partial charge < -0.3 is 27.6 Å². The minimum Gasteiger partial charge on any atom is -0.460 e. The van der Waals surface area contributed by atoms with E-state index in [1.165, 1.54) is 32.0 Å². The summed E-state index contributed by atoms with van der Waals surface area (Å²) in [5.74, 6) is -1.23. The van der Waals surface area contributed by atoms with E-state index in [0.717, 1.165) is 23.3 Å². The number of nitrogens with one attached hydrogen (secondary N) is 2. The second-order valence-corrected chi connectivity index (χ2v) is 18.0. The maximum absolute atomic E-state index is 13.7. The van der Waals surface area contributed by atoms with Crippen LogP contribution in [0.25, 0.3) is 4.85 Å². The van der Waals surface area contributed by atoms with Crippen LogP contribution in [0.1, 0.15) is 30.5 Å². The molecule has 0 amide bonds. The quantitative estimate of drug-likeness (QED) is 0.0192. The van der Waals surface area contributed by atoms with Crippen molar-refractivity contribution in [1.82, 2.24) is 10.2 Å². The van der Waals surface area contributed by atoms with Crippen LogP contribution in [0.15, 0.2) is 158 Å². The Morgan fingerprint density at radius 2 is 1.15 bits per heavy atom. The van der Waals surface area contributed by atoms with E-state index in [2.05, 4.69) is 15.0 Å². The fraction of sp³-hybridized carbons (Fsp3) is 0.130. The Labute approximate surface area is 393 Å². The average Bonchev–Trinajstić information content (AvgIpc) is 3.32. The minimum atomic E-state index is -4.40. The first-order valence-corrected chi connectivity index (χ1v) is 23.8. The van der Waals surface area contributed by atoms with E-state index < -0.39 is 55.9 Å². The molecule has 0 saturated carbocycles. The highest BCUT2D eigenvalue weighted by Gasteiger charge is 2.37. The van der Waals surface area contributed by atoms with Gasteiger partial charge in [0.25, 0.3) is 0 Å². The van der Waals surface area contributed by atoms with Gasteiger partial charge in [-0.3, -0.25) is 19.7 Å². The molecule has 0 bridgehead atoms. The molecule has 0 aromatic heterocycles. The monoisotopic (exact) mass is 1040 g/mol. The first kappa shape index (κ1) is 50.0. The van der Waals surface area contributed by atoms with Gasteiger partial charge in [0, 0.05) is 9.64 Å². The van der Waals surface area contributed by atoms with Gasteiger partial charge in [-0.05, 0) is 90.0 Å². The highest BCUT2D eigenvalue weighted by Crippen LogP contribution is 2.50. The standard InChI is InChI=1S/C23H20IN2O5P.C23H20N3O7P/c1-17(23(27)29-16-18-10-5-3-6-11-18)26-32(28,30-19-12-7-4-8-13-19)31-22-20(24)14-9-15-21(22)25-2;1-17(23(27)31-16-18-8-4-2-5-9-18)25-34(30,32-20-10-6-3-7-11-20)33-22-13-12-19(15-24)14-21(22)26(28)29/h3-15,17H,16H2,1H3,(H,26,28);2-14,17H,16H2,1H3,(H,25,30)/t17-,32?;17-,34?/m00/s1. The lowest BCUT2D eigenvalue weighted by Gasteiger charge is -2.24. The maximum Gasteiger partial charge on any atom is 0.513 e. The number of nitro benzene ring substituents is 1. The van der Waals surface area contributed by atoms with Crippen LogP contribution in [-0.2, 0) is 41.4 Å². The Kier molecular flexibility index (Phi) is 18.4. The number of halogens is 1.